The summed E-state index contributed by atoms with van der Waals surface area (Å²) in [5, 5.41) is 3.70. The molecule has 0 aliphatic carbocycles. The van der Waals surface area contributed by atoms with Crippen molar-refractivity contribution in [1.29, 1.82) is 0 Å². The minimum Gasteiger partial charge on any atom is -0.445 e. The molecule has 6 heteroatoms. The fourth-order valence-electron chi connectivity index (χ4n) is 2.06. The maximum atomic E-state index is 11.9. The van der Waals surface area contributed by atoms with Crippen molar-refractivity contribution >= 4 is 17.4 Å². The second kappa shape index (κ2) is 9.07. The van der Waals surface area contributed by atoms with Crippen LogP contribution in [0.5, 0.6) is 0 Å². The molecule has 0 aliphatic rings. The van der Waals surface area contributed by atoms with Gasteiger partial charge < -0.3 is 14.8 Å². The quantitative estimate of drug-likeness (QED) is 0.752. The third-order valence-electron chi connectivity index (χ3n) is 3.06. The Bertz CT molecular complexity index is 628. The number of aromatic nitrogens is 1. The van der Waals surface area contributed by atoms with Crippen molar-refractivity contribution in [2.75, 3.05) is 13.7 Å². The van der Waals surface area contributed by atoms with E-state index in [2.05, 4.69) is 16.9 Å². The van der Waals surface area contributed by atoms with E-state index in [1.165, 1.54) is 17.4 Å². The van der Waals surface area contributed by atoms with Crippen LogP contribution in [0.2, 0.25) is 0 Å². The number of carbonyl (C=O) groups is 1. The lowest BCUT2D eigenvalue weighted by molar-refractivity contribution is 0.154. The van der Waals surface area contributed by atoms with Gasteiger partial charge in [0.15, 0.2) is 0 Å². The number of alkyl carbamates (subject to hydrolysis) is 1. The second-order valence-electron chi connectivity index (χ2n) is 4.87. The molecule has 2 rings (SSSR count). The summed E-state index contributed by atoms with van der Waals surface area (Å²) in [5.74, 6) is 0. The van der Waals surface area contributed by atoms with Crippen molar-refractivity contribution in [3.8, 4) is 0 Å². The lowest BCUT2D eigenvalue weighted by Crippen LogP contribution is -2.30. The molecule has 1 aromatic heterocycles. The van der Waals surface area contributed by atoms with Crippen LogP contribution in [0.4, 0.5) is 4.79 Å². The summed E-state index contributed by atoms with van der Waals surface area (Å²) in [5.41, 5.74) is 1.12. The number of hydrogen-bond acceptors (Lipinski definition) is 5. The molecule has 1 unspecified atom stereocenters. The topological polar surface area (TPSA) is 60.5 Å². The monoisotopic (exact) mass is 332 g/mol. The van der Waals surface area contributed by atoms with Crippen LogP contribution in [0.25, 0.3) is 0 Å². The Morgan fingerprint density at radius 3 is 2.91 bits per heavy atom. The summed E-state index contributed by atoms with van der Waals surface area (Å²) < 4.78 is 10.1. The smallest absolute Gasteiger partial charge is 0.408 e. The number of ether oxygens (including phenoxy) is 2. The Morgan fingerprint density at radius 2 is 2.22 bits per heavy atom. The van der Waals surface area contributed by atoms with Gasteiger partial charge in [0.2, 0.25) is 0 Å². The van der Waals surface area contributed by atoms with E-state index < -0.39 is 6.09 Å². The number of carbonyl (C=O) groups excluding carboxylic acids is 1. The summed E-state index contributed by atoms with van der Waals surface area (Å²) in [6, 6.07) is 9.71. The van der Waals surface area contributed by atoms with Crippen LogP contribution in [0.3, 0.4) is 0 Å². The molecule has 0 spiro atoms. The average Bonchev–Trinajstić information content (AvgIpc) is 3.02. The molecule has 0 aliphatic heterocycles. The molecule has 1 heterocycles. The van der Waals surface area contributed by atoms with Gasteiger partial charge in [0.25, 0.3) is 0 Å². The number of nitrogens with zero attached hydrogens (tertiary/aromatic N) is 1. The summed E-state index contributed by atoms with van der Waals surface area (Å²) in [6.45, 7) is 4.22. The zero-order valence-electron chi connectivity index (χ0n) is 13.0. The minimum absolute atomic E-state index is 0.177. The first-order valence-electron chi connectivity index (χ1n) is 7.24. The SMILES string of the molecule is C=CCOC(=O)NC(Cc1ccccc1)c1ncc(COC)s1. The molecule has 1 N–H and O–H groups in total. The highest BCUT2D eigenvalue weighted by Crippen LogP contribution is 2.24. The van der Waals surface area contributed by atoms with Crippen LogP contribution in [0.15, 0.2) is 49.2 Å². The lowest BCUT2D eigenvalue weighted by atomic mass is 10.1. The maximum absolute atomic E-state index is 11.9. The summed E-state index contributed by atoms with van der Waals surface area (Å²) in [7, 11) is 1.64. The number of thiazole rings is 1. The fraction of sp³-hybridized carbons (Fsp3) is 0.294. The Labute approximate surface area is 140 Å². The van der Waals surface area contributed by atoms with E-state index in [0.29, 0.717) is 13.0 Å². The number of rotatable bonds is 8. The van der Waals surface area contributed by atoms with Crippen molar-refractivity contribution in [2.45, 2.75) is 19.1 Å². The number of nitrogens with one attached hydrogen (secondary N) is 1. The van der Waals surface area contributed by atoms with Crippen LogP contribution in [0, 0.1) is 0 Å². The highest BCUT2D eigenvalue weighted by atomic mass is 32.1. The number of benzene rings is 1. The van der Waals surface area contributed by atoms with Crippen molar-refractivity contribution < 1.29 is 14.3 Å². The standard InChI is InChI=1S/C17H20N2O3S/c1-3-9-22-17(20)19-15(10-13-7-5-4-6-8-13)16-18-11-14(23-16)12-21-2/h3-8,11,15H,1,9-10,12H2,2H3,(H,19,20). The van der Waals surface area contributed by atoms with E-state index in [-0.39, 0.29) is 12.6 Å². The zero-order chi connectivity index (χ0) is 16.5. The van der Waals surface area contributed by atoms with Crippen molar-refractivity contribution in [3.05, 3.63) is 64.6 Å². The first-order valence-corrected chi connectivity index (χ1v) is 8.06. The van der Waals surface area contributed by atoms with Crippen LogP contribution >= 0.6 is 11.3 Å². The highest BCUT2D eigenvalue weighted by Gasteiger charge is 2.19. The van der Waals surface area contributed by atoms with Gasteiger partial charge in [0.1, 0.15) is 11.6 Å². The van der Waals surface area contributed by atoms with Crippen LogP contribution in [-0.4, -0.2) is 24.8 Å². The molecular formula is C17H20N2O3S. The minimum atomic E-state index is -0.477. The van der Waals surface area contributed by atoms with E-state index >= 15 is 0 Å². The van der Waals surface area contributed by atoms with Gasteiger partial charge in [-0.15, -0.1) is 11.3 Å². The Kier molecular flexibility index (Phi) is 6.77. The molecule has 1 amide bonds. The van der Waals surface area contributed by atoms with Crippen molar-refractivity contribution in [2.24, 2.45) is 0 Å². The number of hydrogen-bond donors (Lipinski definition) is 1. The third-order valence-corrected chi connectivity index (χ3v) is 4.15. The van der Waals surface area contributed by atoms with Crippen LogP contribution < -0.4 is 5.32 Å². The van der Waals surface area contributed by atoms with Gasteiger partial charge in [-0.25, -0.2) is 9.78 Å². The van der Waals surface area contributed by atoms with Crippen molar-refractivity contribution in [3.63, 3.8) is 0 Å². The van der Waals surface area contributed by atoms with Crippen molar-refractivity contribution in [1.82, 2.24) is 10.3 Å². The Hall–Kier alpha value is -2.18. The average molecular weight is 332 g/mol. The molecular weight excluding hydrogens is 312 g/mol. The van der Waals surface area contributed by atoms with E-state index in [0.717, 1.165) is 15.4 Å². The first-order chi connectivity index (χ1) is 11.2. The molecule has 5 nitrogen and oxygen atoms in total. The number of amides is 1. The normalized spacial score (nSPS) is 11.7. The molecule has 0 saturated carbocycles. The summed E-state index contributed by atoms with van der Waals surface area (Å²) in [6.07, 6.45) is 3.47. The zero-order valence-corrected chi connectivity index (χ0v) is 13.8. The summed E-state index contributed by atoms with van der Waals surface area (Å²) in [4.78, 5) is 17.3. The molecule has 0 bridgehead atoms. The Balaban J connectivity index is 2.12. The largest absolute Gasteiger partial charge is 0.445 e. The summed E-state index contributed by atoms with van der Waals surface area (Å²) >= 11 is 1.52. The lowest BCUT2D eigenvalue weighted by Gasteiger charge is -2.16. The van der Waals surface area contributed by atoms with Gasteiger partial charge in [-0.2, -0.15) is 0 Å². The van der Waals surface area contributed by atoms with Gasteiger partial charge in [-0.05, 0) is 12.0 Å². The van der Waals surface area contributed by atoms with E-state index in [1.807, 2.05) is 30.3 Å². The van der Waals surface area contributed by atoms with E-state index in [9.17, 15) is 4.79 Å². The molecule has 0 saturated heterocycles. The third kappa shape index (κ3) is 5.50. The van der Waals surface area contributed by atoms with Crippen LogP contribution in [0.1, 0.15) is 21.5 Å². The molecule has 122 valence electrons. The predicted molar refractivity (Wildman–Crippen MR) is 90.4 cm³/mol. The van der Waals surface area contributed by atoms with E-state index in [1.54, 1.807) is 13.3 Å². The van der Waals surface area contributed by atoms with Gasteiger partial charge in [-0.3, -0.25) is 0 Å². The molecule has 2 aromatic rings. The first kappa shape index (κ1) is 17.2. The molecule has 1 aromatic carbocycles. The number of methoxy groups -OCH3 is 1. The Morgan fingerprint density at radius 1 is 1.43 bits per heavy atom. The van der Waals surface area contributed by atoms with Gasteiger partial charge >= 0.3 is 6.09 Å². The van der Waals surface area contributed by atoms with E-state index in [4.69, 9.17) is 9.47 Å². The van der Waals surface area contributed by atoms with Gasteiger partial charge in [0, 0.05) is 13.3 Å². The highest BCUT2D eigenvalue weighted by molar-refractivity contribution is 7.11. The molecule has 0 fully saturated rings. The molecule has 0 radical (unpaired) electrons. The van der Waals surface area contributed by atoms with Gasteiger partial charge in [0.05, 0.1) is 17.5 Å². The van der Waals surface area contributed by atoms with Gasteiger partial charge in [-0.1, -0.05) is 43.0 Å². The maximum Gasteiger partial charge on any atom is 0.408 e. The molecule has 23 heavy (non-hydrogen) atoms. The van der Waals surface area contributed by atoms with Crippen LogP contribution in [-0.2, 0) is 22.5 Å². The molecule has 1 atom stereocenters. The second-order valence-corrected chi connectivity index (χ2v) is 6.02. The predicted octanol–water partition coefficient (Wildman–Crippen LogP) is 3.49. The fourth-order valence-corrected chi connectivity index (χ4v) is 3.00.